The lowest BCUT2D eigenvalue weighted by Crippen LogP contribution is -2.54. The number of carbonyl (C=O) groups is 5. The first-order chi connectivity index (χ1) is 16.8. The second-order valence-corrected chi connectivity index (χ2v) is 8.31. The number of halogens is 1. The summed E-state index contributed by atoms with van der Waals surface area (Å²) in [7, 11) is 1.25. The first-order valence-electron chi connectivity index (χ1n) is 10.5. The molecular weight excluding hydrogens is 478 g/mol. The number of hydrogen-bond acceptors (Lipinski definition) is 8. The molecule has 2 aliphatic rings. The Bertz CT molecular complexity index is 1450. The van der Waals surface area contributed by atoms with Gasteiger partial charge in [0, 0.05) is 17.0 Å². The second-order valence-electron chi connectivity index (χ2n) is 7.88. The summed E-state index contributed by atoms with van der Waals surface area (Å²) in [5, 5.41) is 10.7. The fourth-order valence-electron chi connectivity index (χ4n) is 4.21. The van der Waals surface area contributed by atoms with E-state index in [1.54, 1.807) is 18.2 Å². The highest BCUT2D eigenvalue weighted by Crippen LogP contribution is 2.32. The maximum absolute atomic E-state index is 13.3. The van der Waals surface area contributed by atoms with E-state index in [9.17, 15) is 24.0 Å². The first-order valence-corrected chi connectivity index (χ1v) is 10.8. The second kappa shape index (κ2) is 8.44. The number of piperidine rings is 1. The molecule has 12 heteroatoms. The number of ether oxygens (including phenoxy) is 1. The quantitative estimate of drug-likeness (QED) is 0.428. The summed E-state index contributed by atoms with van der Waals surface area (Å²) in [4.78, 5) is 63.3. The summed E-state index contributed by atoms with van der Waals surface area (Å²) in [6.07, 6.45) is 1.55. The minimum atomic E-state index is -1.09. The van der Waals surface area contributed by atoms with Crippen molar-refractivity contribution < 1.29 is 28.7 Å². The lowest BCUT2D eigenvalue weighted by Gasteiger charge is -2.27. The maximum Gasteiger partial charge on any atom is 0.338 e. The van der Waals surface area contributed by atoms with Crippen LogP contribution in [-0.2, 0) is 14.3 Å². The van der Waals surface area contributed by atoms with Crippen molar-refractivity contribution in [1.29, 1.82) is 0 Å². The molecule has 11 nitrogen and oxygen atoms in total. The van der Waals surface area contributed by atoms with Crippen LogP contribution in [0.2, 0.25) is 5.02 Å². The van der Waals surface area contributed by atoms with E-state index in [4.69, 9.17) is 16.3 Å². The number of aromatic nitrogens is 3. The largest absolute Gasteiger partial charge is 0.465 e. The van der Waals surface area contributed by atoms with Crippen molar-refractivity contribution in [3.63, 3.8) is 0 Å². The molecule has 0 aliphatic carbocycles. The number of nitrogens with one attached hydrogen (secondary N) is 1. The highest BCUT2D eigenvalue weighted by Gasteiger charge is 2.45. The van der Waals surface area contributed by atoms with E-state index in [1.165, 1.54) is 36.2 Å². The third kappa shape index (κ3) is 3.66. The van der Waals surface area contributed by atoms with Gasteiger partial charge in [0.1, 0.15) is 11.7 Å². The normalized spacial score (nSPS) is 17.4. The molecule has 2 aromatic carbocycles. The Morgan fingerprint density at radius 3 is 2.66 bits per heavy atom. The van der Waals surface area contributed by atoms with Gasteiger partial charge in [0.05, 0.1) is 35.7 Å². The Kier molecular flexibility index (Phi) is 5.40. The molecule has 1 unspecified atom stereocenters. The van der Waals surface area contributed by atoms with Crippen LogP contribution in [0.3, 0.4) is 0 Å². The Hall–Kier alpha value is -4.38. The fourth-order valence-corrected chi connectivity index (χ4v) is 4.38. The van der Waals surface area contributed by atoms with E-state index in [0.717, 1.165) is 4.90 Å². The third-order valence-electron chi connectivity index (χ3n) is 5.85. The number of carbonyl (C=O) groups excluding carboxylic acids is 5. The van der Waals surface area contributed by atoms with Crippen molar-refractivity contribution in [3.8, 4) is 16.9 Å². The summed E-state index contributed by atoms with van der Waals surface area (Å²) in [6, 6.07) is 8.13. The van der Waals surface area contributed by atoms with Crippen LogP contribution in [0, 0.1) is 0 Å². The lowest BCUT2D eigenvalue weighted by molar-refractivity contribution is -0.136. The predicted molar refractivity (Wildman–Crippen MR) is 120 cm³/mol. The van der Waals surface area contributed by atoms with E-state index >= 15 is 0 Å². The first kappa shape index (κ1) is 22.4. The summed E-state index contributed by atoms with van der Waals surface area (Å²) >= 11 is 6.11. The molecule has 35 heavy (non-hydrogen) atoms. The molecule has 0 radical (unpaired) electrons. The number of rotatable bonds is 4. The van der Waals surface area contributed by atoms with E-state index in [-0.39, 0.29) is 40.9 Å². The monoisotopic (exact) mass is 493 g/mol. The molecule has 5 rings (SSSR count). The summed E-state index contributed by atoms with van der Waals surface area (Å²) in [6.45, 7) is 0. The zero-order chi connectivity index (χ0) is 24.9. The third-order valence-corrected chi connectivity index (χ3v) is 6.08. The molecule has 0 spiro atoms. The van der Waals surface area contributed by atoms with Crippen LogP contribution >= 0.6 is 11.6 Å². The molecule has 1 aromatic heterocycles. The predicted octanol–water partition coefficient (Wildman–Crippen LogP) is 1.78. The van der Waals surface area contributed by atoms with E-state index in [0.29, 0.717) is 10.6 Å². The van der Waals surface area contributed by atoms with E-state index in [2.05, 4.69) is 15.6 Å². The molecule has 176 valence electrons. The van der Waals surface area contributed by atoms with Gasteiger partial charge in [-0.05, 0) is 36.8 Å². The molecule has 3 heterocycles. The molecule has 2 aliphatic heterocycles. The van der Waals surface area contributed by atoms with Crippen LogP contribution in [0.1, 0.15) is 43.9 Å². The standard InChI is InChI=1S/C23H16ClN5O6/c1-35-23(34)12-6-5-11(24)9-14(12)15-10-28(27-26-15)16-4-2-3-13-19(16)22(33)29(21(13)32)17-7-8-18(30)25-20(17)31/h2-6,9-10,17H,7-8H2,1H3,(H,25,30,31). The van der Waals surface area contributed by atoms with Crippen LogP contribution in [0.15, 0.2) is 42.6 Å². The number of benzene rings is 2. The van der Waals surface area contributed by atoms with Gasteiger partial charge in [-0.15, -0.1) is 5.10 Å². The SMILES string of the molecule is COC(=O)c1ccc(Cl)cc1-c1cn(-c2cccc3c2C(=O)N(C2CCC(=O)NC2=O)C3=O)nn1. The molecule has 1 atom stereocenters. The fraction of sp³-hybridized carbons (Fsp3) is 0.174. The number of fused-ring (bicyclic) bond motifs is 1. The van der Waals surface area contributed by atoms with E-state index < -0.39 is 35.6 Å². The van der Waals surface area contributed by atoms with Gasteiger partial charge in [-0.2, -0.15) is 0 Å². The van der Waals surface area contributed by atoms with Gasteiger partial charge in [0.25, 0.3) is 11.8 Å². The number of methoxy groups -OCH3 is 1. The van der Waals surface area contributed by atoms with E-state index in [1.807, 2.05) is 0 Å². The van der Waals surface area contributed by atoms with Crippen LogP contribution < -0.4 is 5.32 Å². The molecule has 3 aromatic rings. The number of nitrogens with zero attached hydrogens (tertiary/aromatic N) is 4. The van der Waals surface area contributed by atoms with Crippen molar-refractivity contribution in [2.24, 2.45) is 0 Å². The van der Waals surface area contributed by atoms with Crippen molar-refractivity contribution in [2.45, 2.75) is 18.9 Å². The summed E-state index contributed by atoms with van der Waals surface area (Å²) in [5.41, 5.74) is 1.29. The minimum Gasteiger partial charge on any atom is -0.465 e. The highest BCUT2D eigenvalue weighted by atomic mass is 35.5. The Labute approximate surface area is 202 Å². The highest BCUT2D eigenvalue weighted by molar-refractivity contribution is 6.31. The number of esters is 1. The van der Waals surface area contributed by atoms with Crippen LogP contribution in [0.25, 0.3) is 16.9 Å². The van der Waals surface area contributed by atoms with Crippen molar-refractivity contribution in [1.82, 2.24) is 25.2 Å². The average molecular weight is 494 g/mol. The lowest BCUT2D eigenvalue weighted by atomic mass is 10.0. The molecule has 1 fully saturated rings. The van der Waals surface area contributed by atoms with Gasteiger partial charge < -0.3 is 4.74 Å². The summed E-state index contributed by atoms with van der Waals surface area (Å²) in [5.74, 6) is -3.05. The molecule has 1 saturated heterocycles. The smallest absolute Gasteiger partial charge is 0.338 e. The van der Waals surface area contributed by atoms with Gasteiger partial charge >= 0.3 is 5.97 Å². The number of hydrogen-bond donors (Lipinski definition) is 1. The van der Waals surface area contributed by atoms with Crippen molar-refractivity contribution in [3.05, 3.63) is 64.3 Å². The number of imide groups is 2. The van der Waals surface area contributed by atoms with Crippen molar-refractivity contribution in [2.75, 3.05) is 7.11 Å². The number of amides is 4. The Balaban J connectivity index is 1.55. The van der Waals surface area contributed by atoms with Gasteiger partial charge in [-0.1, -0.05) is 22.9 Å². The molecular formula is C23H16ClN5O6. The Morgan fingerprint density at radius 1 is 1.11 bits per heavy atom. The van der Waals surface area contributed by atoms with Crippen LogP contribution in [0.5, 0.6) is 0 Å². The molecule has 0 saturated carbocycles. The van der Waals surface area contributed by atoms with Gasteiger partial charge in [0.2, 0.25) is 11.8 Å². The maximum atomic E-state index is 13.3. The molecule has 0 bridgehead atoms. The van der Waals surface area contributed by atoms with Gasteiger partial charge in [-0.3, -0.25) is 29.4 Å². The topological polar surface area (TPSA) is 141 Å². The van der Waals surface area contributed by atoms with Gasteiger partial charge in [-0.25, -0.2) is 9.48 Å². The van der Waals surface area contributed by atoms with Crippen LogP contribution in [0.4, 0.5) is 0 Å². The zero-order valence-electron chi connectivity index (χ0n) is 18.1. The molecule has 1 N–H and O–H groups in total. The Morgan fingerprint density at radius 2 is 1.91 bits per heavy atom. The van der Waals surface area contributed by atoms with Crippen molar-refractivity contribution >= 4 is 41.2 Å². The summed E-state index contributed by atoms with van der Waals surface area (Å²) < 4.78 is 6.12. The minimum absolute atomic E-state index is 0.0191. The average Bonchev–Trinajstić information content (AvgIpc) is 3.43. The van der Waals surface area contributed by atoms with Gasteiger partial charge in [0.15, 0.2) is 0 Å². The molecule has 4 amide bonds. The van der Waals surface area contributed by atoms with Crippen LogP contribution in [-0.4, -0.2) is 62.6 Å². The zero-order valence-corrected chi connectivity index (χ0v) is 18.9.